The summed E-state index contributed by atoms with van der Waals surface area (Å²) in [6, 6.07) is 13.2. The van der Waals surface area contributed by atoms with Crippen LogP contribution in [-0.2, 0) is 25.8 Å². The third-order valence-corrected chi connectivity index (χ3v) is 5.55. The third-order valence-electron chi connectivity index (χ3n) is 3.76. The van der Waals surface area contributed by atoms with Crippen LogP contribution in [0.1, 0.15) is 26.3 Å². The van der Waals surface area contributed by atoms with Crippen LogP contribution in [0.3, 0.4) is 0 Å². The first-order chi connectivity index (χ1) is 13.0. The second kappa shape index (κ2) is 8.43. The van der Waals surface area contributed by atoms with E-state index in [1.165, 1.54) is 24.3 Å². The molecule has 0 aromatic heterocycles. The van der Waals surface area contributed by atoms with Crippen LogP contribution in [0.25, 0.3) is 0 Å². The molecule has 1 atom stereocenters. The fraction of sp³-hybridized carbons (Fsp3) is 0.300. The number of sulfone groups is 1. The van der Waals surface area contributed by atoms with Crippen LogP contribution in [0.4, 0.5) is 4.79 Å². The lowest BCUT2D eigenvalue weighted by molar-refractivity contribution is -0.120. The number of benzene rings is 2. The van der Waals surface area contributed by atoms with E-state index in [2.05, 4.69) is 5.32 Å². The van der Waals surface area contributed by atoms with Crippen molar-refractivity contribution in [2.75, 3.05) is 0 Å². The maximum absolute atomic E-state index is 12.6. The molecular formula is C20H24N2O5S. The fourth-order valence-corrected chi connectivity index (χ4v) is 3.73. The van der Waals surface area contributed by atoms with Crippen LogP contribution in [0.15, 0.2) is 64.4 Å². The van der Waals surface area contributed by atoms with Gasteiger partial charge in [-0.2, -0.15) is 0 Å². The van der Waals surface area contributed by atoms with Crippen LogP contribution in [-0.4, -0.2) is 32.1 Å². The maximum atomic E-state index is 12.6. The van der Waals surface area contributed by atoms with Crippen molar-refractivity contribution in [2.45, 2.75) is 48.6 Å². The number of primary amides is 1. The van der Waals surface area contributed by atoms with Gasteiger partial charge in [-0.1, -0.05) is 30.3 Å². The number of carbonyl (C=O) groups excluding carboxylic acids is 2. The highest BCUT2D eigenvalue weighted by atomic mass is 32.2. The summed E-state index contributed by atoms with van der Waals surface area (Å²) < 4.78 is 30.3. The number of carbonyl (C=O) groups is 2. The lowest BCUT2D eigenvalue weighted by Gasteiger charge is -2.22. The van der Waals surface area contributed by atoms with Gasteiger partial charge in [0.05, 0.1) is 9.79 Å². The lowest BCUT2D eigenvalue weighted by Crippen LogP contribution is -2.47. The van der Waals surface area contributed by atoms with Crippen molar-refractivity contribution in [3.05, 3.63) is 60.2 Å². The summed E-state index contributed by atoms with van der Waals surface area (Å²) in [6.07, 6.45) is -0.639. The molecule has 0 aliphatic heterocycles. The van der Waals surface area contributed by atoms with E-state index in [-0.39, 0.29) is 16.2 Å². The van der Waals surface area contributed by atoms with Crippen LogP contribution in [0.2, 0.25) is 0 Å². The molecule has 2 rings (SSSR count). The van der Waals surface area contributed by atoms with Gasteiger partial charge in [0.2, 0.25) is 15.7 Å². The lowest BCUT2D eigenvalue weighted by atomic mass is 10.1. The highest BCUT2D eigenvalue weighted by molar-refractivity contribution is 7.91. The standard InChI is InChI=1S/C20H24N2O5S/c1-20(2,3)27-19(24)22-17(18(21)23)13-14-9-11-16(12-10-14)28(25,26)15-7-5-4-6-8-15/h4-12,17H,13H2,1-3H3,(H2,21,23)(H,22,24). The molecule has 2 aromatic carbocycles. The van der Waals surface area contributed by atoms with Crippen molar-refractivity contribution in [3.63, 3.8) is 0 Å². The number of nitrogens with two attached hydrogens (primary N) is 1. The van der Waals surface area contributed by atoms with Crippen molar-refractivity contribution >= 4 is 21.8 Å². The van der Waals surface area contributed by atoms with E-state index in [4.69, 9.17) is 10.5 Å². The molecule has 0 fully saturated rings. The zero-order valence-electron chi connectivity index (χ0n) is 16.0. The van der Waals surface area contributed by atoms with Gasteiger partial charge in [0, 0.05) is 6.42 Å². The van der Waals surface area contributed by atoms with Crippen LogP contribution < -0.4 is 11.1 Å². The molecule has 0 radical (unpaired) electrons. The molecule has 1 unspecified atom stereocenters. The van der Waals surface area contributed by atoms with Crippen LogP contribution in [0.5, 0.6) is 0 Å². The van der Waals surface area contributed by atoms with Gasteiger partial charge in [-0.3, -0.25) is 4.79 Å². The van der Waals surface area contributed by atoms with E-state index < -0.39 is 33.5 Å². The molecule has 0 heterocycles. The number of amides is 2. The average molecular weight is 404 g/mol. The second-order valence-corrected chi connectivity index (χ2v) is 9.22. The fourth-order valence-electron chi connectivity index (χ4n) is 2.45. The largest absolute Gasteiger partial charge is 0.444 e. The summed E-state index contributed by atoms with van der Waals surface area (Å²) in [5.41, 5.74) is 5.30. The average Bonchev–Trinajstić information content (AvgIpc) is 2.60. The minimum Gasteiger partial charge on any atom is -0.444 e. The Kier molecular flexibility index (Phi) is 6.45. The summed E-state index contributed by atoms with van der Waals surface area (Å²) in [4.78, 5) is 23.9. The van der Waals surface area contributed by atoms with Gasteiger partial charge < -0.3 is 15.8 Å². The Morgan fingerprint density at radius 3 is 2.04 bits per heavy atom. The van der Waals surface area contributed by atoms with Crippen molar-refractivity contribution in [2.24, 2.45) is 5.73 Å². The molecule has 2 aromatic rings. The molecule has 0 aliphatic carbocycles. The van der Waals surface area contributed by atoms with E-state index in [0.29, 0.717) is 5.56 Å². The van der Waals surface area contributed by atoms with E-state index in [1.54, 1.807) is 51.1 Å². The first kappa shape index (κ1) is 21.4. The third kappa shape index (κ3) is 5.82. The van der Waals surface area contributed by atoms with Gasteiger partial charge in [-0.05, 0) is 50.6 Å². The topological polar surface area (TPSA) is 116 Å². The second-order valence-electron chi connectivity index (χ2n) is 7.27. The molecule has 0 aliphatic rings. The SMILES string of the molecule is CC(C)(C)OC(=O)NC(Cc1ccc(S(=O)(=O)c2ccccc2)cc1)C(N)=O. The molecule has 150 valence electrons. The Morgan fingerprint density at radius 2 is 1.54 bits per heavy atom. The van der Waals surface area contributed by atoms with E-state index in [1.807, 2.05) is 0 Å². The van der Waals surface area contributed by atoms with E-state index in [0.717, 1.165) is 0 Å². The van der Waals surface area contributed by atoms with Crippen molar-refractivity contribution < 1.29 is 22.7 Å². The quantitative estimate of drug-likeness (QED) is 0.767. The Morgan fingerprint density at radius 1 is 1.00 bits per heavy atom. The van der Waals surface area contributed by atoms with Crippen LogP contribution >= 0.6 is 0 Å². The van der Waals surface area contributed by atoms with Crippen molar-refractivity contribution in [1.29, 1.82) is 0 Å². The molecule has 0 spiro atoms. The van der Waals surface area contributed by atoms with Crippen LogP contribution in [0, 0.1) is 0 Å². The van der Waals surface area contributed by atoms with Gasteiger partial charge in [-0.25, -0.2) is 13.2 Å². The predicted molar refractivity (Wildman–Crippen MR) is 104 cm³/mol. The van der Waals surface area contributed by atoms with Gasteiger partial charge in [0.25, 0.3) is 0 Å². The summed E-state index contributed by atoms with van der Waals surface area (Å²) in [6.45, 7) is 5.12. The molecule has 7 nitrogen and oxygen atoms in total. The number of hydrogen-bond donors (Lipinski definition) is 2. The molecule has 2 amide bonds. The molecule has 0 bridgehead atoms. The minimum atomic E-state index is -3.62. The van der Waals surface area contributed by atoms with Crippen molar-refractivity contribution in [1.82, 2.24) is 5.32 Å². The molecular weight excluding hydrogens is 380 g/mol. The van der Waals surface area contributed by atoms with Gasteiger partial charge in [0.15, 0.2) is 0 Å². The van der Waals surface area contributed by atoms with Crippen molar-refractivity contribution in [3.8, 4) is 0 Å². The Labute approximate surface area is 164 Å². The highest BCUT2D eigenvalue weighted by Crippen LogP contribution is 2.21. The predicted octanol–water partition coefficient (Wildman–Crippen LogP) is 2.44. The summed E-state index contributed by atoms with van der Waals surface area (Å²) in [7, 11) is -3.62. The maximum Gasteiger partial charge on any atom is 0.408 e. The smallest absolute Gasteiger partial charge is 0.408 e. The first-order valence-electron chi connectivity index (χ1n) is 8.67. The van der Waals surface area contributed by atoms with Gasteiger partial charge in [0.1, 0.15) is 11.6 Å². The molecule has 0 saturated carbocycles. The monoisotopic (exact) mass is 404 g/mol. The molecule has 8 heteroatoms. The van der Waals surface area contributed by atoms with Gasteiger partial charge >= 0.3 is 6.09 Å². The Balaban J connectivity index is 2.13. The first-order valence-corrected chi connectivity index (χ1v) is 10.2. The molecule has 28 heavy (non-hydrogen) atoms. The van der Waals surface area contributed by atoms with E-state index in [9.17, 15) is 18.0 Å². The number of ether oxygens (including phenoxy) is 1. The Hall–Kier alpha value is -2.87. The number of alkyl carbamates (subject to hydrolysis) is 1. The zero-order valence-corrected chi connectivity index (χ0v) is 16.8. The molecule has 0 saturated heterocycles. The summed E-state index contributed by atoms with van der Waals surface area (Å²) in [5, 5.41) is 2.44. The minimum absolute atomic E-state index is 0.111. The number of rotatable bonds is 6. The highest BCUT2D eigenvalue weighted by Gasteiger charge is 2.23. The summed E-state index contributed by atoms with van der Waals surface area (Å²) in [5.74, 6) is -0.716. The zero-order chi connectivity index (χ0) is 20.9. The number of nitrogens with one attached hydrogen (secondary N) is 1. The Bertz CT molecular complexity index is 933. The number of hydrogen-bond acceptors (Lipinski definition) is 5. The normalized spacial score (nSPS) is 12.8. The summed E-state index contributed by atoms with van der Waals surface area (Å²) >= 11 is 0. The molecule has 3 N–H and O–H groups in total. The van der Waals surface area contributed by atoms with Gasteiger partial charge in [-0.15, -0.1) is 0 Å². The van der Waals surface area contributed by atoms with E-state index >= 15 is 0 Å².